The molecule has 126 valence electrons. The highest BCUT2D eigenvalue weighted by atomic mass is 16.6. The summed E-state index contributed by atoms with van der Waals surface area (Å²) in [7, 11) is 2.09. The zero-order chi connectivity index (χ0) is 17.3. The summed E-state index contributed by atoms with van der Waals surface area (Å²) < 4.78 is 5.49. The molecule has 3 rings (SSSR count). The van der Waals surface area contributed by atoms with E-state index in [2.05, 4.69) is 31.1 Å². The van der Waals surface area contributed by atoms with E-state index in [0.717, 1.165) is 12.1 Å². The summed E-state index contributed by atoms with van der Waals surface area (Å²) in [6.07, 6.45) is -0.435. The molecule has 0 bridgehead atoms. The molecule has 4 heteroatoms. The van der Waals surface area contributed by atoms with Crippen molar-refractivity contribution < 1.29 is 9.53 Å². The summed E-state index contributed by atoms with van der Waals surface area (Å²) >= 11 is 0. The third-order valence-electron chi connectivity index (χ3n) is 4.59. The van der Waals surface area contributed by atoms with Gasteiger partial charge in [-0.3, -0.25) is 0 Å². The molecular formula is C20H24N2O2. The SMILES string of the molecule is C[C@@H](NC(=O)Oc1ccc2c(c1)C(C)(C)CN2C)c1ccccc1. The van der Waals surface area contributed by atoms with Gasteiger partial charge in [0.15, 0.2) is 0 Å². The van der Waals surface area contributed by atoms with Crippen molar-refractivity contribution >= 4 is 11.8 Å². The van der Waals surface area contributed by atoms with Crippen molar-refractivity contribution in [3.63, 3.8) is 0 Å². The number of nitrogens with zero attached hydrogens (tertiary/aromatic N) is 1. The van der Waals surface area contributed by atoms with Gasteiger partial charge in [0.1, 0.15) is 5.75 Å². The molecule has 0 aromatic heterocycles. The number of hydrogen-bond donors (Lipinski definition) is 1. The molecule has 4 nitrogen and oxygen atoms in total. The van der Waals surface area contributed by atoms with Gasteiger partial charge in [0.05, 0.1) is 6.04 Å². The third kappa shape index (κ3) is 3.23. The number of ether oxygens (including phenoxy) is 1. The van der Waals surface area contributed by atoms with Crippen LogP contribution in [0.3, 0.4) is 0 Å². The second-order valence-corrected chi connectivity index (χ2v) is 7.09. The summed E-state index contributed by atoms with van der Waals surface area (Å²) in [6, 6.07) is 15.6. The van der Waals surface area contributed by atoms with Gasteiger partial charge in [0, 0.05) is 24.7 Å². The van der Waals surface area contributed by atoms with Crippen LogP contribution in [0.4, 0.5) is 10.5 Å². The minimum atomic E-state index is -0.435. The molecule has 24 heavy (non-hydrogen) atoms. The summed E-state index contributed by atoms with van der Waals surface area (Å²) in [4.78, 5) is 14.4. The highest BCUT2D eigenvalue weighted by Gasteiger charge is 2.33. The number of benzene rings is 2. The minimum absolute atomic E-state index is 0.0528. The van der Waals surface area contributed by atoms with E-state index in [4.69, 9.17) is 4.74 Å². The van der Waals surface area contributed by atoms with E-state index in [-0.39, 0.29) is 11.5 Å². The topological polar surface area (TPSA) is 41.6 Å². The fourth-order valence-corrected chi connectivity index (χ4v) is 3.36. The van der Waals surface area contributed by atoms with Gasteiger partial charge in [-0.15, -0.1) is 0 Å². The number of hydrogen-bond acceptors (Lipinski definition) is 3. The van der Waals surface area contributed by atoms with Gasteiger partial charge in [0.25, 0.3) is 0 Å². The second-order valence-electron chi connectivity index (χ2n) is 7.09. The van der Waals surface area contributed by atoms with Gasteiger partial charge in [-0.1, -0.05) is 44.2 Å². The Morgan fingerprint density at radius 3 is 2.62 bits per heavy atom. The van der Waals surface area contributed by atoms with Crippen molar-refractivity contribution in [2.24, 2.45) is 0 Å². The number of anilines is 1. The number of nitrogens with one attached hydrogen (secondary N) is 1. The maximum Gasteiger partial charge on any atom is 0.413 e. The molecule has 0 saturated carbocycles. The lowest BCUT2D eigenvalue weighted by Crippen LogP contribution is -2.29. The Bertz CT molecular complexity index is 741. The Hall–Kier alpha value is -2.49. The van der Waals surface area contributed by atoms with Crippen LogP contribution in [0.2, 0.25) is 0 Å². The van der Waals surface area contributed by atoms with E-state index in [1.807, 2.05) is 55.5 Å². The maximum atomic E-state index is 12.2. The number of rotatable bonds is 3. The molecule has 0 saturated heterocycles. The van der Waals surface area contributed by atoms with Crippen LogP contribution in [0.15, 0.2) is 48.5 Å². The first-order valence-electron chi connectivity index (χ1n) is 8.26. The molecular weight excluding hydrogens is 300 g/mol. The van der Waals surface area contributed by atoms with E-state index in [1.165, 1.54) is 11.3 Å². The van der Waals surface area contributed by atoms with Crippen LogP contribution in [-0.4, -0.2) is 19.7 Å². The smallest absolute Gasteiger partial charge is 0.410 e. The Kier molecular flexibility index (Phi) is 4.22. The maximum absolute atomic E-state index is 12.2. The Labute approximate surface area is 143 Å². The minimum Gasteiger partial charge on any atom is -0.410 e. The highest BCUT2D eigenvalue weighted by molar-refractivity contribution is 5.72. The predicted octanol–water partition coefficient (Wildman–Crippen LogP) is 4.26. The molecule has 1 heterocycles. The van der Waals surface area contributed by atoms with Crippen LogP contribution in [0.5, 0.6) is 5.75 Å². The van der Waals surface area contributed by atoms with Gasteiger partial charge < -0.3 is 15.0 Å². The van der Waals surface area contributed by atoms with E-state index in [0.29, 0.717) is 5.75 Å². The second kappa shape index (κ2) is 6.19. The van der Waals surface area contributed by atoms with Crippen LogP contribution >= 0.6 is 0 Å². The van der Waals surface area contributed by atoms with Gasteiger partial charge in [-0.05, 0) is 36.2 Å². The summed E-state index contributed by atoms with van der Waals surface area (Å²) in [5.41, 5.74) is 3.51. The fraction of sp³-hybridized carbons (Fsp3) is 0.350. The van der Waals surface area contributed by atoms with Gasteiger partial charge in [-0.25, -0.2) is 4.79 Å². The van der Waals surface area contributed by atoms with Crippen LogP contribution in [0, 0.1) is 0 Å². The molecule has 1 aliphatic heterocycles. The van der Waals surface area contributed by atoms with Crippen LogP contribution < -0.4 is 15.0 Å². The Balaban J connectivity index is 1.70. The lowest BCUT2D eigenvalue weighted by Gasteiger charge is -2.19. The lowest BCUT2D eigenvalue weighted by molar-refractivity contribution is 0.197. The molecule has 0 spiro atoms. The molecule has 0 aliphatic carbocycles. The largest absolute Gasteiger partial charge is 0.413 e. The van der Waals surface area contributed by atoms with Gasteiger partial charge in [0.2, 0.25) is 0 Å². The fourth-order valence-electron chi connectivity index (χ4n) is 3.36. The van der Waals surface area contributed by atoms with Crippen molar-refractivity contribution in [1.82, 2.24) is 5.32 Å². The zero-order valence-corrected chi connectivity index (χ0v) is 14.7. The van der Waals surface area contributed by atoms with Crippen LogP contribution in [0.25, 0.3) is 0 Å². The van der Waals surface area contributed by atoms with Crippen LogP contribution in [-0.2, 0) is 5.41 Å². The van der Waals surface area contributed by atoms with E-state index in [9.17, 15) is 4.79 Å². The van der Waals surface area contributed by atoms with Crippen molar-refractivity contribution in [3.05, 3.63) is 59.7 Å². The molecule has 0 unspecified atom stereocenters. The Morgan fingerprint density at radius 1 is 1.21 bits per heavy atom. The number of fused-ring (bicyclic) bond motifs is 1. The number of carbonyl (C=O) groups excluding carboxylic acids is 1. The van der Waals surface area contributed by atoms with Gasteiger partial charge in [-0.2, -0.15) is 0 Å². The molecule has 0 radical (unpaired) electrons. The number of amides is 1. The quantitative estimate of drug-likeness (QED) is 0.917. The molecule has 2 aromatic rings. The molecule has 1 N–H and O–H groups in total. The average Bonchev–Trinajstić information content (AvgIpc) is 2.77. The van der Waals surface area contributed by atoms with Crippen LogP contribution in [0.1, 0.15) is 37.9 Å². The normalized spacial score (nSPS) is 16.4. The first-order chi connectivity index (χ1) is 11.4. The Morgan fingerprint density at radius 2 is 1.92 bits per heavy atom. The lowest BCUT2D eigenvalue weighted by atomic mass is 9.87. The van der Waals surface area contributed by atoms with Gasteiger partial charge >= 0.3 is 6.09 Å². The van der Waals surface area contributed by atoms with Crippen molar-refractivity contribution in [1.29, 1.82) is 0 Å². The monoisotopic (exact) mass is 324 g/mol. The first-order valence-corrected chi connectivity index (χ1v) is 8.26. The van der Waals surface area contributed by atoms with Crippen molar-refractivity contribution in [3.8, 4) is 5.75 Å². The highest BCUT2D eigenvalue weighted by Crippen LogP contribution is 2.41. The molecule has 2 aromatic carbocycles. The van der Waals surface area contributed by atoms with E-state index in [1.54, 1.807) is 0 Å². The van der Waals surface area contributed by atoms with Crippen molar-refractivity contribution in [2.45, 2.75) is 32.2 Å². The average molecular weight is 324 g/mol. The molecule has 1 aliphatic rings. The van der Waals surface area contributed by atoms with E-state index < -0.39 is 6.09 Å². The molecule has 1 atom stereocenters. The summed E-state index contributed by atoms with van der Waals surface area (Å²) in [5, 5.41) is 2.87. The summed E-state index contributed by atoms with van der Waals surface area (Å²) in [5.74, 6) is 0.579. The number of likely N-dealkylation sites (N-methyl/N-ethyl adjacent to an activating group) is 1. The number of carbonyl (C=O) groups is 1. The zero-order valence-electron chi connectivity index (χ0n) is 14.7. The predicted molar refractivity (Wildman–Crippen MR) is 96.8 cm³/mol. The molecule has 1 amide bonds. The first kappa shape index (κ1) is 16.4. The molecule has 0 fully saturated rings. The third-order valence-corrected chi connectivity index (χ3v) is 4.59. The summed E-state index contributed by atoms with van der Waals surface area (Å²) in [6.45, 7) is 7.31. The van der Waals surface area contributed by atoms with Crippen molar-refractivity contribution in [2.75, 3.05) is 18.5 Å². The van der Waals surface area contributed by atoms with E-state index >= 15 is 0 Å². The standard InChI is InChI=1S/C20H24N2O2/c1-14(15-8-6-5-7-9-15)21-19(23)24-16-10-11-18-17(12-16)20(2,3)13-22(18)4/h5-12,14H,13H2,1-4H3,(H,21,23)/t14-/m1/s1.